The van der Waals surface area contributed by atoms with Gasteiger partial charge in [-0.15, -0.1) is 0 Å². The number of hydrogen-bond donors (Lipinski definition) is 3. The second-order valence-corrected chi connectivity index (χ2v) is 10.7. The molecule has 7 nitrogen and oxygen atoms in total. The summed E-state index contributed by atoms with van der Waals surface area (Å²) in [5.74, 6) is -1.07. The Hall–Kier alpha value is -4.04. The summed E-state index contributed by atoms with van der Waals surface area (Å²) in [5.41, 5.74) is 10.0. The normalized spacial score (nSPS) is 15.4. The van der Waals surface area contributed by atoms with Crippen molar-refractivity contribution in [2.75, 3.05) is 6.54 Å². The first-order chi connectivity index (χ1) is 18.5. The molecule has 0 spiro atoms. The van der Waals surface area contributed by atoms with Crippen LogP contribution in [0.4, 0.5) is 4.39 Å². The van der Waals surface area contributed by atoms with Gasteiger partial charge in [0.1, 0.15) is 11.9 Å². The molecule has 0 aromatic heterocycles. The quantitative estimate of drug-likeness (QED) is 0.410. The molecule has 8 heteroatoms. The van der Waals surface area contributed by atoms with Gasteiger partial charge in [0.05, 0.1) is 0 Å². The SMILES string of the molecule is CCNC(=O)c1ccccc1-c1ccc(CN2Cc3ccc(F)cc3CC(NC(=O)CC(C)(C)N)C2=O)cc1. The van der Waals surface area contributed by atoms with E-state index < -0.39 is 11.6 Å². The molecule has 1 atom stereocenters. The topological polar surface area (TPSA) is 105 Å². The Morgan fingerprint density at radius 3 is 2.46 bits per heavy atom. The van der Waals surface area contributed by atoms with Gasteiger partial charge in [0.15, 0.2) is 0 Å². The maximum atomic E-state index is 14.1. The molecular weight excluding hydrogens is 495 g/mol. The molecule has 3 aromatic carbocycles. The fraction of sp³-hybridized carbons (Fsp3) is 0.323. The number of nitrogens with two attached hydrogens (primary N) is 1. The van der Waals surface area contributed by atoms with Crippen LogP contribution in [0.2, 0.25) is 0 Å². The summed E-state index contributed by atoms with van der Waals surface area (Å²) in [6.07, 6.45) is 0.265. The number of amides is 3. The number of rotatable bonds is 8. The first-order valence-electron chi connectivity index (χ1n) is 13.1. The molecule has 204 valence electrons. The number of fused-ring (bicyclic) bond motifs is 1. The first kappa shape index (κ1) is 28.0. The predicted molar refractivity (Wildman–Crippen MR) is 149 cm³/mol. The van der Waals surface area contributed by atoms with Gasteiger partial charge in [0, 0.05) is 43.6 Å². The summed E-state index contributed by atoms with van der Waals surface area (Å²) in [7, 11) is 0. The molecule has 3 amide bonds. The van der Waals surface area contributed by atoms with E-state index in [-0.39, 0.29) is 36.4 Å². The Kier molecular flexibility index (Phi) is 8.45. The lowest BCUT2D eigenvalue weighted by Gasteiger charge is -2.26. The lowest BCUT2D eigenvalue weighted by Crippen LogP contribution is -2.50. The monoisotopic (exact) mass is 530 g/mol. The van der Waals surface area contributed by atoms with Gasteiger partial charge in [-0.25, -0.2) is 4.39 Å². The lowest BCUT2D eigenvalue weighted by molar-refractivity contribution is -0.137. The van der Waals surface area contributed by atoms with Crippen molar-refractivity contribution in [2.24, 2.45) is 5.73 Å². The van der Waals surface area contributed by atoms with Crippen LogP contribution in [-0.2, 0) is 29.1 Å². The van der Waals surface area contributed by atoms with Crippen LogP contribution in [0.5, 0.6) is 0 Å². The Morgan fingerprint density at radius 1 is 1.05 bits per heavy atom. The standard InChI is InChI=1S/C31H35FN4O3/c1-4-34-29(38)26-8-6-5-7-25(26)21-11-9-20(10-12-21)18-36-19-22-13-14-24(32)15-23(22)16-27(30(36)39)35-28(37)17-31(2,3)33/h5-15,27H,4,16-19,33H2,1-3H3,(H,34,38)(H,35,37). The fourth-order valence-electron chi connectivity index (χ4n) is 4.85. The maximum Gasteiger partial charge on any atom is 0.251 e. The zero-order valence-corrected chi connectivity index (χ0v) is 22.6. The van der Waals surface area contributed by atoms with Crippen LogP contribution >= 0.6 is 0 Å². The molecule has 0 aliphatic carbocycles. The average Bonchev–Trinajstić information content (AvgIpc) is 2.99. The van der Waals surface area contributed by atoms with Crippen LogP contribution in [0.1, 0.15) is 54.2 Å². The highest BCUT2D eigenvalue weighted by atomic mass is 19.1. The van der Waals surface area contributed by atoms with E-state index in [0.717, 1.165) is 22.3 Å². The van der Waals surface area contributed by atoms with Crippen molar-refractivity contribution in [1.82, 2.24) is 15.5 Å². The van der Waals surface area contributed by atoms with Crippen LogP contribution in [-0.4, -0.2) is 40.7 Å². The van der Waals surface area contributed by atoms with E-state index in [2.05, 4.69) is 10.6 Å². The number of hydrogen-bond acceptors (Lipinski definition) is 4. The Bertz CT molecular complexity index is 1360. The van der Waals surface area contributed by atoms with E-state index in [1.54, 1.807) is 30.9 Å². The third-order valence-electron chi connectivity index (χ3n) is 6.66. The second kappa shape index (κ2) is 11.8. The van der Waals surface area contributed by atoms with Crippen LogP contribution in [0.3, 0.4) is 0 Å². The lowest BCUT2D eigenvalue weighted by atomic mass is 9.98. The van der Waals surface area contributed by atoms with E-state index in [0.29, 0.717) is 30.8 Å². The summed E-state index contributed by atoms with van der Waals surface area (Å²) in [4.78, 5) is 40.5. The zero-order valence-electron chi connectivity index (χ0n) is 22.6. The van der Waals surface area contributed by atoms with E-state index in [4.69, 9.17) is 5.73 Å². The number of benzene rings is 3. The first-order valence-corrected chi connectivity index (χ1v) is 13.1. The highest BCUT2D eigenvalue weighted by Gasteiger charge is 2.32. The molecule has 1 aliphatic rings. The van der Waals surface area contributed by atoms with E-state index in [1.165, 1.54) is 12.1 Å². The van der Waals surface area contributed by atoms with E-state index in [9.17, 15) is 18.8 Å². The van der Waals surface area contributed by atoms with Crippen LogP contribution in [0, 0.1) is 5.82 Å². The van der Waals surface area contributed by atoms with Crippen molar-refractivity contribution >= 4 is 17.7 Å². The number of carbonyl (C=O) groups excluding carboxylic acids is 3. The van der Waals surface area contributed by atoms with Gasteiger partial charge in [0.2, 0.25) is 11.8 Å². The van der Waals surface area contributed by atoms with Crippen molar-refractivity contribution < 1.29 is 18.8 Å². The Balaban J connectivity index is 1.58. The Labute approximate surface area is 228 Å². The third-order valence-corrected chi connectivity index (χ3v) is 6.66. The minimum atomic E-state index is -0.828. The summed E-state index contributed by atoms with van der Waals surface area (Å²) in [6, 6.07) is 18.8. The largest absolute Gasteiger partial charge is 0.352 e. The van der Waals surface area contributed by atoms with Gasteiger partial charge in [-0.3, -0.25) is 14.4 Å². The van der Waals surface area contributed by atoms with Crippen LogP contribution in [0.15, 0.2) is 66.7 Å². The van der Waals surface area contributed by atoms with Crippen molar-refractivity contribution in [1.29, 1.82) is 0 Å². The average molecular weight is 531 g/mol. The summed E-state index contributed by atoms with van der Waals surface area (Å²) in [5, 5.41) is 5.67. The van der Waals surface area contributed by atoms with Gasteiger partial charge in [-0.1, -0.05) is 48.5 Å². The maximum absolute atomic E-state index is 14.1. The summed E-state index contributed by atoms with van der Waals surface area (Å²) < 4.78 is 14.1. The van der Waals surface area contributed by atoms with E-state index >= 15 is 0 Å². The van der Waals surface area contributed by atoms with Gasteiger partial charge >= 0.3 is 0 Å². The van der Waals surface area contributed by atoms with Crippen molar-refractivity contribution in [3.63, 3.8) is 0 Å². The molecule has 0 radical (unpaired) electrons. The molecule has 1 aliphatic heterocycles. The molecule has 39 heavy (non-hydrogen) atoms. The predicted octanol–water partition coefficient (Wildman–Crippen LogP) is 3.94. The van der Waals surface area contributed by atoms with Gasteiger partial charge in [0.25, 0.3) is 5.91 Å². The molecule has 1 unspecified atom stereocenters. The highest BCUT2D eigenvalue weighted by molar-refractivity contribution is 6.00. The molecule has 3 aromatic rings. The van der Waals surface area contributed by atoms with Crippen molar-refractivity contribution in [3.05, 3.63) is 94.8 Å². The smallest absolute Gasteiger partial charge is 0.251 e. The van der Waals surface area contributed by atoms with Crippen LogP contribution < -0.4 is 16.4 Å². The number of nitrogens with one attached hydrogen (secondary N) is 2. The van der Waals surface area contributed by atoms with Crippen molar-refractivity contribution in [2.45, 2.75) is 58.3 Å². The van der Waals surface area contributed by atoms with Crippen LogP contribution in [0.25, 0.3) is 11.1 Å². The number of nitrogens with zero attached hydrogens (tertiary/aromatic N) is 1. The number of carbonyl (C=O) groups is 3. The van der Waals surface area contributed by atoms with Gasteiger partial charge < -0.3 is 21.3 Å². The third kappa shape index (κ3) is 7.09. The number of halogens is 1. The summed E-state index contributed by atoms with van der Waals surface area (Å²) >= 11 is 0. The second-order valence-electron chi connectivity index (χ2n) is 10.7. The summed E-state index contributed by atoms with van der Waals surface area (Å²) in [6.45, 7) is 6.52. The molecule has 0 saturated carbocycles. The fourth-order valence-corrected chi connectivity index (χ4v) is 4.85. The Morgan fingerprint density at radius 2 is 1.77 bits per heavy atom. The highest BCUT2D eigenvalue weighted by Crippen LogP contribution is 2.26. The molecule has 4 N–H and O–H groups in total. The molecule has 4 rings (SSSR count). The molecular formula is C31H35FN4O3. The molecule has 0 bridgehead atoms. The van der Waals surface area contributed by atoms with Gasteiger partial charge in [-0.05, 0) is 66.8 Å². The zero-order chi connectivity index (χ0) is 28.2. The minimum absolute atomic E-state index is 0.0615. The molecule has 1 heterocycles. The van der Waals surface area contributed by atoms with Gasteiger partial charge in [-0.2, -0.15) is 0 Å². The van der Waals surface area contributed by atoms with Crippen molar-refractivity contribution in [3.8, 4) is 11.1 Å². The van der Waals surface area contributed by atoms with E-state index in [1.807, 2.05) is 49.4 Å². The minimum Gasteiger partial charge on any atom is -0.352 e. The molecule has 0 fully saturated rings. The molecule has 0 saturated heterocycles.